The van der Waals surface area contributed by atoms with Gasteiger partial charge in [-0.05, 0) is 18.2 Å². The lowest BCUT2D eigenvalue weighted by molar-refractivity contribution is 0.477. The van der Waals surface area contributed by atoms with Crippen LogP contribution < -0.4 is 0 Å². The summed E-state index contributed by atoms with van der Waals surface area (Å²) in [5.74, 6) is 0.170. The maximum absolute atomic E-state index is 9.54. The van der Waals surface area contributed by atoms with Crippen LogP contribution in [0, 0.1) is 0 Å². The molecular weight excluding hydrogens is 200 g/mol. The number of phenols is 1. The Balaban J connectivity index is 2.55. The molecule has 14 heavy (non-hydrogen) atoms. The molecule has 2 aromatic rings. The van der Waals surface area contributed by atoms with E-state index in [0.29, 0.717) is 16.3 Å². The number of hydrogen-bond donors (Lipinski definition) is 1. The van der Waals surface area contributed by atoms with Gasteiger partial charge in [0.25, 0.3) is 0 Å². The monoisotopic (exact) mass is 206 g/mol. The zero-order valence-electron chi connectivity index (χ0n) is 7.18. The van der Waals surface area contributed by atoms with E-state index >= 15 is 0 Å². The van der Waals surface area contributed by atoms with E-state index in [4.69, 9.17) is 11.6 Å². The lowest BCUT2D eigenvalue weighted by Gasteiger charge is -2.01. The maximum atomic E-state index is 9.54. The first-order chi connectivity index (χ1) is 6.77. The fourth-order valence-corrected chi connectivity index (χ4v) is 1.31. The van der Waals surface area contributed by atoms with Crippen LogP contribution in [0.2, 0.25) is 5.02 Å². The Labute approximate surface area is 86.0 Å². The zero-order chi connectivity index (χ0) is 9.97. The van der Waals surface area contributed by atoms with Gasteiger partial charge in [0.15, 0.2) is 0 Å². The second kappa shape index (κ2) is 3.64. The van der Waals surface area contributed by atoms with Crippen molar-refractivity contribution in [2.24, 2.45) is 0 Å². The molecule has 0 aliphatic carbocycles. The van der Waals surface area contributed by atoms with Gasteiger partial charge in [-0.15, -0.1) is 0 Å². The van der Waals surface area contributed by atoms with E-state index in [1.54, 1.807) is 24.3 Å². The molecule has 0 unspecified atom stereocenters. The minimum Gasteiger partial charge on any atom is -0.507 e. The highest BCUT2D eigenvalue weighted by molar-refractivity contribution is 6.30. The first kappa shape index (κ1) is 8.97. The summed E-state index contributed by atoms with van der Waals surface area (Å²) < 4.78 is 0. The van der Waals surface area contributed by atoms with Gasteiger partial charge in [-0.25, -0.2) is 0 Å². The Hall–Kier alpha value is -1.61. The second-order valence-corrected chi connectivity index (χ2v) is 3.21. The van der Waals surface area contributed by atoms with Crippen LogP contribution in [0.1, 0.15) is 0 Å². The van der Waals surface area contributed by atoms with E-state index in [1.807, 2.05) is 6.07 Å². The summed E-state index contributed by atoms with van der Waals surface area (Å²) in [4.78, 5) is 0. The molecule has 1 heterocycles. The van der Waals surface area contributed by atoms with Gasteiger partial charge in [-0.1, -0.05) is 23.7 Å². The summed E-state index contributed by atoms with van der Waals surface area (Å²) in [7, 11) is 0. The third-order valence-electron chi connectivity index (χ3n) is 1.80. The predicted octanol–water partition coefficient (Wildman–Crippen LogP) is 2.50. The first-order valence-corrected chi connectivity index (χ1v) is 4.42. The van der Waals surface area contributed by atoms with Crippen LogP contribution in [0.5, 0.6) is 5.75 Å². The standard InChI is InChI=1S/C10H7ClN2O/c11-7-5-9(13-12-6-7)8-3-1-2-4-10(8)14/h1-6,14H. The number of aromatic hydroxyl groups is 1. The molecule has 1 aromatic carbocycles. The van der Waals surface area contributed by atoms with Crippen LogP contribution in [-0.4, -0.2) is 15.3 Å². The Morgan fingerprint density at radius 1 is 1.21 bits per heavy atom. The van der Waals surface area contributed by atoms with Gasteiger partial charge in [-0.2, -0.15) is 10.2 Å². The number of aromatic nitrogens is 2. The summed E-state index contributed by atoms with van der Waals surface area (Å²) in [6, 6.07) is 8.58. The van der Waals surface area contributed by atoms with Crippen molar-refractivity contribution in [3.8, 4) is 17.0 Å². The largest absolute Gasteiger partial charge is 0.507 e. The molecule has 0 radical (unpaired) electrons. The van der Waals surface area contributed by atoms with Crippen molar-refractivity contribution in [2.75, 3.05) is 0 Å². The molecule has 0 saturated carbocycles. The van der Waals surface area contributed by atoms with Gasteiger partial charge in [-0.3, -0.25) is 0 Å². The zero-order valence-corrected chi connectivity index (χ0v) is 7.94. The number of halogens is 1. The van der Waals surface area contributed by atoms with Gasteiger partial charge in [0, 0.05) is 5.56 Å². The van der Waals surface area contributed by atoms with E-state index in [2.05, 4.69) is 10.2 Å². The van der Waals surface area contributed by atoms with E-state index in [9.17, 15) is 5.11 Å². The average molecular weight is 207 g/mol. The molecule has 70 valence electrons. The maximum Gasteiger partial charge on any atom is 0.125 e. The van der Waals surface area contributed by atoms with Crippen LogP contribution in [0.15, 0.2) is 36.5 Å². The molecule has 0 atom stereocenters. The molecule has 0 amide bonds. The Bertz CT molecular complexity index is 459. The quantitative estimate of drug-likeness (QED) is 0.780. The Morgan fingerprint density at radius 3 is 2.71 bits per heavy atom. The second-order valence-electron chi connectivity index (χ2n) is 2.78. The lowest BCUT2D eigenvalue weighted by Crippen LogP contribution is -1.86. The number of rotatable bonds is 1. The predicted molar refractivity (Wildman–Crippen MR) is 54.1 cm³/mol. The van der Waals surface area contributed by atoms with Crippen molar-refractivity contribution in [1.29, 1.82) is 0 Å². The average Bonchev–Trinajstić information content (AvgIpc) is 2.18. The van der Waals surface area contributed by atoms with Crippen LogP contribution in [-0.2, 0) is 0 Å². The molecule has 1 aromatic heterocycles. The summed E-state index contributed by atoms with van der Waals surface area (Å²) in [5.41, 5.74) is 1.19. The van der Waals surface area contributed by atoms with Crippen molar-refractivity contribution in [2.45, 2.75) is 0 Å². The highest BCUT2D eigenvalue weighted by Gasteiger charge is 2.04. The summed E-state index contributed by atoms with van der Waals surface area (Å²) >= 11 is 5.76. The van der Waals surface area contributed by atoms with Crippen molar-refractivity contribution in [1.82, 2.24) is 10.2 Å². The van der Waals surface area contributed by atoms with Gasteiger partial charge in [0.1, 0.15) is 5.75 Å². The molecule has 2 rings (SSSR count). The van der Waals surface area contributed by atoms with Crippen LogP contribution in [0.25, 0.3) is 11.3 Å². The molecule has 0 fully saturated rings. The van der Waals surface area contributed by atoms with Crippen molar-refractivity contribution in [3.63, 3.8) is 0 Å². The fourth-order valence-electron chi connectivity index (χ4n) is 1.16. The smallest absolute Gasteiger partial charge is 0.125 e. The van der Waals surface area contributed by atoms with Gasteiger partial charge in [0.05, 0.1) is 16.9 Å². The van der Waals surface area contributed by atoms with Crippen molar-refractivity contribution >= 4 is 11.6 Å². The highest BCUT2D eigenvalue weighted by atomic mass is 35.5. The van der Waals surface area contributed by atoms with Crippen molar-refractivity contribution < 1.29 is 5.11 Å². The van der Waals surface area contributed by atoms with Crippen LogP contribution in [0.4, 0.5) is 0 Å². The SMILES string of the molecule is Oc1ccccc1-c1cc(Cl)cnn1. The minimum absolute atomic E-state index is 0.170. The third kappa shape index (κ3) is 1.67. The van der Waals surface area contributed by atoms with Gasteiger partial charge >= 0.3 is 0 Å². The Morgan fingerprint density at radius 2 is 2.00 bits per heavy atom. The van der Waals surface area contributed by atoms with Crippen LogP contribution >= 0.6 is 11.6 Å². The number of hydrogen-bond acceptors (Lipinski definition) is 3. The number of nitrogens with zero attached hydrogens (tertiary/aromatic N) is 2. The summed E-state index contributed by atoms with van der Waals surface area (Å²) in [6.07, 6.45) is 1.45. The third-order valence-corrected chi connectivity index (χ3v) is 2.01. The molecule has 1 N–H and O–H groups in total. The van der Waals surface area contributed by atoms with E-state index in [0.717, 1.165) is 0 Å². The van der Waals surface area contributed by atoms with E-state index in [1.165, 1.54) is 6.20 Å². The minimum atomic E-state index is 0.170. The number of benzene rings is 1. The topological polar surface area (TPSA) is 46.0 Å². The number of phenolic OH excluding ortho intramolecular Hbond substituents is 1. The van der Waals surface area contributed by atoms with Gasteiger partial charge in [0.2, 0.25) is 0 Å². The molecule has 0 bridgehead atoms. The van der Waals surface area contributed by atoms with Gasteiger partial charge < -0.3 is 5.11 Å². The van der Waals surface area contributed by atoms with Crippen molar-refractivity contribution in [3.05, 3.63) is 41.6 Å². The summed E-state index contributed by atoms with van der Waals surface area (Å²) in [6.45, 7) is 0. The van der Waals surface area contributed by atoms with Crippen LogP contribution in [0.3, 0.4) is 0 Å². The number of para-hydroxylation sites is 1. The molecule has 3 nitrogen and oxygen atoms in total. The normalized spacial score (nSPS) is 10.1. The molecule has 0 aliphatic heterocycles. The van der Waals surface area contributed by atoms with E-state index < -0.39 is 0 Å². The Kier molecular flexibility index (Phi) is 2.33. The fraction of sp³-hybridized carbons (Fsp3) is 0. The van der Waals surface area contributed by atoms with E-state index in [-0.39, 0.29) is 5.75 Å². The summed E-state index contributed by atoms with van der Waals surface area (Å²) in [5, 5.41) is 17.6. The molecule has 0 spiro atoms. The molecule has 4 heteroatoms. The molecule has 0 saturated heterocycles. The molecule has 0 aliphatic rings. The highest BCUT2D eigenvalue weighted by Crippen LogP contribution is 2.27. The first-order valence-electron chi connectivity index (χ1n) is 4.04. The molecular formula is C10H7ClN2O. The lowest BCUT2D eigenvalue weighted by atomic mass is 10.1.